The molecular formula is C19H19FN4O4S2. The van der Waals surface area contributed by atoms with Gasteiger partial charge in [-0.1, -0.05) is 24.3 Å². The zero-order valence-corrected chi connectivity index (χ0v) is 17.5. The fraction of sp³-hybridized carbons (Fsp3) is 0.211. The van der Waals surface area contributed by atoms with E-state index in [9.17, 15) is 22.4 Å². The third kappa shape index (κ3) is 4.32. The minimum Gasteiger partial charge on any atom is -0.366 e. The molecule has 1 aliphatic heterocycles. The van der Waals surface area contributed by atoms with Crippen LogP contribution in [0.5, 0.6) is 0 Å². The number of anilines is 1. The lowest BCUT2D eigenvalue weighted by Gasteiger charge is -2.29. The van der Waals surface area contributed by atoms with Crippen molar-refractivity contribution in [2.75, 3.05) is 11.9 Å². The first-order valence-electron chi connectivity index (χ1n) is 8.85. The van der Waals surface area contributed by atoms with Gasteiger partial charge in [0.2, 0.25) is 15.9 Å². The summed E-state index contributed by atoms with van der Waals surface area (Å²) in [5.41, 5.74) is 0.535. The number of nitrogens with one attached hydrogen (secondary N) is 1. The molecule has 1 aliphatic rings. The molecule has 0 unspecified atom stereocenters. The Kier molecular flexibility index (Phi) is 6.15. The number of nitrogens with zero attached hydrogens (tertiary/aromatic N) is 2. The predicted molar refractivity (Wildman–Crippen MR) is 112 cm³/mol. The van der Waals surface area contributed by atoms with Gasteiger partial charge in [0, 0.05) is 13.6 Å². The maximum absolute atomic E-state index is 14.2. The first-order valence-corrected chi connectivity index (χ1v) is 10.8. The Morgan fingerprint density at radius 2 is 1.87 bits per heavy atom. The van der Waals surface area contributed by atoms with E-state index >= 15 is 0 Å². The number of primary sulfonamides is 1. The normalized spacial score (nSPS) is 16.6. The van der Waals surface area contributed by atoms with Gasteiger partial charge >= 0.3 is 0 Å². The quantitative estimate of drug-likeness (QED) is 0.518. The fourth-order valence-corrected chi connectivity index (χ4v) is 3.90. The third-order valence-electron chi connectivity index (χ3n) is 4.67. The number of para-hydroxylation sites is 1. The molecule has 0 saturated carbocycles. The summed E-state index contributed by atoms with van der Waals surface area (Å²) in [5, 5.41) is 8.11. The van der Waals surface area contributed by atoms with Gasteiger partial charge in [-0.3, -0.25) is 9.59 Å². The average Bonchev–Trinajstić information content (AvgIpc) is 2.99. The molecule has 1 fully saturated rings. The standard InChI is InChI=1S/C19H19FN4O4S2/c1-22-19(29)23(11-12-6-8-13(9-7-12)30(21,27)28)16-10-17(25)24(18(16)26)15-5-3-2-4-14(15)20/h2-9,16H,10-11H2,1H3,(H,22,29)(H2,21,27,28)/t16-/m0/s1. The lowest BCUT2D eigenvalue weighted by molar-refractivity contribution is -0.122. The molecule has 0 spiro atoms. The van der Waals surface area contributed by atoms with Crippen molar-refractivity contribution >= 4 is 44.9 Å². The van der Waals surface area contributed by atoms with Crippen LogP contribution in [0.25, 0.3) is 0 Å². The monoisotopic (exact) mass is 450 g/mol. The summed E-state index contributed by atoms with van der Waals surface area (Å²) in [6, 6.07) is 10.4. The number of benzene rings is 2. The van der Waals surface area contributed by atoms with E-state index < -0.39 is 33.7 Å². The third-order valence-corrected chi connectivity index (χ3v) is 6.04. The Hall–Kier alpha value is -2.89. The molecule has 2 amide bonds. The van der Waals surface area contributed by atoms with E-state index in [1.807, 2.05) is 0 Å². The number of hydrogen-bond donors (Lipinski definition) is 2. The molecule has 30 heavy (non-hydrogen) atoms. The highest BCUT2D eigenvalue weighted by Crippen LogP contribution is 2.28. The number of thiocarbonyl (C=S) groups is 1. The highest BCUT2D eigenvalue weighted by molar-refractivity contribution is 7.89. The second-order valence-electron chi connectivity index (χ2n) is 6.61. The highest BCUT2D eigenvalue weighted by atomic mass is 32.2. The summed E-state index contributed by atoms with van der Waals surface area (Å²) in [7, 11) is -2.26. The van der Waals surface area contributed by atoms with Crippen LogP contribution >= 0.6 is 12.2 Å². The van der Waals surface area contributed by atoms with Crippen molar-refractivity contribution in [3.05, 3.63) is 59.9 Å². The maximum Gasteiger partial charge on any atom is 0.257 e. The topological polar surface area (TPSA) is 113 Å². The van der Waals surface area contributed by atoms with Gasteiger partial charge < -0.3 is 10.2 Å². The Morgan fingerprint density at radius 3 is 2.43 bits per heavy atom. The van der Waals surface area contributed by atoms with Crippen LogP contribution in [-0.2, 0) is 26.2 Å². The van der Waals surface area contributed by atoms with Crippen molar-refractivity contribution in [2.24, 2.45) is 5.14 Å². The van der Waals surface area contributed by atoms with Crippen molar-refractivity contribution in [1.82, 2.24) is 10.2 Å². The molecule has 0 radical (unpaired) electrons. The van der Waals surface area contributed by atoms with Gasteiger partial charge in [-0.15, -0.1) is 0 Å². The van der Waals surface area contributed by atoms with Crippen LogP contribution < -0.4 is 15.4 Å². The van der Waals surface area contributed by atoms with Gasteiger partial charge in [-0.2, -0.15) is 0 Å². The van der Waals surface area contributed by atoms with E-state index in [4.69, 9.17) is 17.4 Å². The summed E-state index contributed by atoms with van der Waals surface area (Å²) in [4.78, 5) is 27.9. The maximum atomic E-state index is 14.2. The smallest absolute Gasteiger partial charge is 0.257 e. The number of rotatable bonds is 5. The van der Waals surface area contributed by atoms with Crippen LogP contribution in [0.3, 0.4) is 0 Å². The average molecular weight is 451 g/mol. The van der Waals surface area contributed by atoms with Gasteiger partial charge in [0.25, 0.3) is 5.91 Å². The number of hydrogen-bond acceptors (Lipinski definition) is 5. The van der Waals surface area contributed by atoms with Crippen molar-refractivity contribution in [2.45, 2.75) is 23.9 Å². The number of amides is 2. The SMILES string of the molecule is CNC(=S)N(Cc1ccc(S(N)(=O)=O)cc1)[C@H]1CC(=O)N(c2ccccc2F)C1=O. The molecule has 3 N–H and O–H groups in total. The van der Waals surface area contributed by atoms with Crippen LogP contribution in [0.4, 0.5) is 10.1 Å². The van der Waals surface area contributed by atoms with Crippen LogP contribution in [0.1, 0.15) is 12.0 Å². The molecule has 8 nitrogen and oxygen atoms in total. The van der Waals surface area contributed by atoms with E-state index in [1.54, 1.807) is 19.2 Å². The number of sulfonamides is 1. The minimum atomic E-state index is -3.84. The molecule has 3 rings (SSSR count). The Balaban J connectivity index is 1.89. The van der Waals surface area contributed by atoms with Crippen molar-refractivity contribution in [3.8, 4) is 0 Å². The van der Waals surface area contributed by atoms with E-state index in [0.717, 1.165) is 4.90 Å². The Morgan fingerprint density at radius 1 is 1.23 bits per heavy atom. The Labute approximate surface area is 178 Å². The van der Waals surface area contributed by atoms with E-state index in [-0.39, 0.29) is 28.7 Å². The molecule has 1 heterocycles. The van der Waals surface area contributed by atoms with Crippen LogP contribution in [0.2, 0.25) is 0 Å². The second-order valence-corrected chi connectivity index (χ2v) is 8.56. The minimum absolute atomic E-state index is 0.0492. The van der Waals surface area contributed by atoms with E-state index in [1.165, 1.54) is 41.3 Å². The number of nitrogens with two attached hydrogens (primary N) is 1. The highest BCUT2D eigenvalue weighted by Gasteiger charge is 2.44. The van der Waals surface area contributed by atoms with Crippen LogP contribution in [0.15, 0.2) is 53.4 Å². The summed E-state index contributed by atoms with van der Waals surface area (Å²) in [6.45, 7) is 0.124. The van der Waals surface area contributed by atoms with E-state index in [0.29, 0.717) is 5.56 Å². The van der Waals surface area contributed by atoms with Crippen LogP contribution in [-0.4, -0.2) is 43.3 Å². The van der Waals surface area contributed by atoms with Crippen molar-refractivity contribution < 1.29 is 22.4 Å². The molecule has 158 valence electrons. The molecule has 1 atom stereocenters. The molecule has 11 heteroatoms. The Bertz CT molecular complexity index is 1110. The predicted octanol–water partition coefficient (Wildman–Crippen LogP) is 1.11. The number of carbonyl (C=O) groups is 2. The number of halogens is 1. The van der Waals surface area contributed by atoms with Crippen molar-refractivity contribution in [1.29, 1.82) is 0 Å². The molecular weight excluding hydrogens is 431 g/mol. The van der Waals surface area contributed by atoms with Gasteiger partial charge in [0.1, 0.15) is 11.9 Å². The number of imide groups is 1. The summed E-state index contributed by atoms with van der Waals surface area (Å²) < 4.78 is 37.0. The van der Waals surface area contributed by atoms with Crippen LogP contribution in [0, 0.1) is 5.82 Å². The molecule has 0 bridgehead atoms. The first kappa shape index (κ1) is 21.8. The summed E-state index contributed by atoms with van der Waals surface area (Å²) in [6.07, 6.45) is -0.176. The van der Waals surface area contributed by atoms with Gasteiger partial charge in [-0.05, 0) is 42.0 Å². The lowest BCUT2D eigenvalue weighted by Crippen LogP contribution is -2.48. The molecule has 2 aromatic rings. The van der Waals surface area contributed by atoms with E-state index in [2.05, 4.69) is 5.32 Å². The zero-order valence-electron chi connectivity index (χ0n) is 15.9. The largest absolute Gasteiger partial charge is 0.366 e. The lowest BCUT2D eigenvalue weighted by atomic mass is 10.1. The summed E-state index contributed by atoms with van der Waals surface area (Å²) >= 11 is 5.31. The fourth-order valence-electron chi connectivity index (χ4n) is 3.19. The second kappa shape index (κ2) is 8.46. The molecule has 0 aliphatic carbocycles. The summed E-state index contributed by atoms with van der Waals surface area (Å²) in [5.74, 6) is -1.81. The first-order chi connectivity index (χ1) is 14.1. The molecule has 1 saturated heterocycles. The van der Waals surface area contributed by atoms with Crippen molar-refractivity contribution in [3.63, 3.8) is 0 Å². The molecule has 2 aromatic carbocycles. The van der Waals surface area contributed by atoms with Gasteiger partial charge in [-0.25, -0.2) is 22.8 Å². The number of carbonyl (C=O) groups excluding carboxylic acids is 2. The van der Waals surface area contributed by atoms with Gasteiger partial charge in [0.05, 0.1) is 17.0 Å². The van der Waals surface area contributed by atoms with Gasteiger partial charge in [0.15, 0.2) is 5.11 Å². The zero-order chi connectivity index (χ0) is 22.1. The molecule has 0 aromatic heterocycles.